The first-order valence-corrected chi connectivity index (χ1v) is 8.17. The maximum absolute atomic E-state index is 12.7. The summed E-state index contributed by atoms with van der Waals surface area (Å²) in [4.78, 5) is 24.1. The number of aromatic nitrogens is 3. The zero-order chi connectivity index (χ0) is 17.7. The number of amides is 1. The molecule has 1 N–H and O–H groups in total. The highest BCUT2D eigenvalue weighted by molar-refractivity contribution is 6.45. The Hall–Kier alpha value is -2.51. The summed E-state index contributed by atoms with van der Waals surface area (Å²) in [6, 6.07) is 3.62. The molecule has 3 heterocycles. The largest absolute Gasteiger partial charge is 0.494 e. The predicted molar refractivity (Wildman–Crippen MR) is 95.2 cm³/mol. The fraction of sp³-hybridized carbons (Fsp3) is 0.188. The summed E-state index contributed by atoms with van der Waals surface area (Å²) in [6.45, 7) is 0.364. The number of nitrogens with zero attached hydrogens (tertiary/aromatic N) is 4. The third-order valence-corrected chi connectivity index (χ3v) is 5.00. The number of ether oxygens (including phenoxy) is 1. The van der Waals surface area contributed by atoms with E-state index in [4.69, 9.17) is 27.9 Å². The number of rotatable bonds is 2. The van der Waals surface area contributed by atoms with E-state index in [1.54, 1.807) is 16.1 Å². The molecular formula is C16H13Cl2N5O2. The SMILES string of the molecule is COc1cnc(C(=O)N2Cc3[nH]c4c(Cl)c(Cl)ccc4c3N2C)nc1. The fourth-order valence-corrected chi connectivity index (χ4v) is 3.33. The molecule has 1 aliphatic rings. The lowest BCUT2D eigenvalue weighted by atomic mass is 10.2. The van der Waals surface area contributed by atoms with Crippen molar-refractivity contribution in [2.24, 2.45) is 0 Å². The molecule has 7 nitrogen and oxygen atoms in total. The molecule has 2 aromatic heterocycles. The van der Waals surface area contributed by atoms with Crippen molar-refractivity contribution in [1.82, 2.24) is 20.0 Å². The topological polar surface area (TPSA) is 74.3 Å². The minimum absolute atomic E-state index is 0.100. The molecule has 9 heteroatoms. The standard InChI is InChI=1S/C16H13Cl2N5O2/c1-22-14-9-3-4-10(17)12(18)13(9)21-11(14)7-23(22)16(24)15-19-5-8(25-2)6-20-15/h3-6,21H,7H2,1-2H3. The number of carbonyl (C=O) groups excluding carboxylic acids is 1. The first-order valence-electron chi connectivity index (χ1n) is 7.41. The van der Waals surface area contributed by atoms with Gasteiger partial charge in [0.2, 0.25) is 5.82 Å². The first kappa shape index (κ1) is 16.0. The van der Waals surface area contributed by atoms with Crippen molar-refractivity contribution in [3.05, 3.63) is 46.1 Å². The molecule has 0 saturated heterocycles. The molecule has 1 amide bonds. The lowest BCUT2D eigenvalue weighted by Gasteiger charge is -2.25. The molecule has 4 rings (SSSR count). The smallest absolute Gasteiger partial charge is 0.310 e. The van der Waals surface area contributed by atoms with Crippen LogP contribution in [0.5, 0.6) is 5.75 Å². The number of methoxy groups -OCH3 is 1. The molecule has 0 bridgehead atoms. The summed E-state index contributed by atoms with van der Waals surface area (Å²) >= 11 is 12.3. The van der Waals surface area contributed by atoms with Crippen LogP contribution in [0.2, 0.25) is 10.0 Å². The Balaban J connectivity index is 1.69. The molecule has 0 spiro atoms. The molecule has 0 aliphatic carbocycles. The maximum Gasteiger partial charge on any atom is 0.310 e. The zero-order valence-corrected chi connectivity index (χ0v) is 14.9. The van der Waals surface area contributed by atoms with Gasteiger partial charge in [0.1, 0.15) is 0 Å². The van der Waals surface area contributed by atoms with Gasteiger partial charge in [-0.1, -0.05) is 23.2 Å². The number of nitrogens with one attached hydrogen (secondary N) is 1. The molecule has 0 unspecified atom stereocenters. The van der Waals surface area contributed by atoms with Crippen molar-refractivity contribution in [1.29, 1.82) is 0 Å². The van der Waals surface area contributed by atoms with Crippen molar-refractivity contribution in [2.45, 2.75) is 6.54 Å². The third-order valence-electron chi connectivity index (χ3n) is 4.19. The Morgan fingerprint density at radius 2 is 2.00 bits per heavy atom. The zero-order valence-electron chi connectivity index (χ0n) is 13.4. The molecule has 1 aliphatic heterocycles. The van der Waals surface area contributed by atoms with E-state index in [1.807, 2.05) is 13.1 Å². The molecule has 25 heavy (non-hydrogen) atoms. The number of fused-ring (bicyclic) bond motifs is 3. The Bertz CT molecular complexity index is 986. The third kappa shape index (κ3) is 2.39. The Morgan fingerprint density at radius 1 is 1.28 bits per heavy atom. The van der Waals surface area contributed by atoms with Gasteiger partial charge in [-0.2, -0.15) is 0 Å². The number of hydrogen-bond donors (Lipinski definition) is 1. The average molecular weight is 378 g/mol. The Labute approximate surface area is 153 Å². The Kier molecular flexibility index (Phi) is 3.70. The van der Waals surface area contributed by atoms with Gasteiger partial charge in [0.25, 0.3) is 0 Å². The average Bonchev–Trinajstić information content (AvgIpc) is 3.15. The van der Waals surface area contributed by atoms with Crippen molar-refractivity contribution >= 4 is 45.7 Å². The minimum atomic E-state index is -0.303. The van der Waals surface area contributed by atoms with Crippen LogP contribution < -0.4 is 9.75 Å². The van der Waals surface area contributed by atoms with Gasteiger partial charge >= 0.3 is 5.91 Å². The first-order chi connectivity index (χ1) is 12.0. The van der Waals surface area contributed by atoms with Gasteiger partial charge in [-0.05, 0) is 12.1 Å². The van der Waals surface area contributed by atoms with Crippen LogP contribution in [0.25, 0.3) is 10.9 Å². The predicted octanol–water partition coefficient (Wildman–Crippen LogP) is 3.28. The van der Waals surface area contributed by atoms with E-state index in [0.717, 1.165) is 22.3 Å². The van der Waals surface area contributed by atoms with E-state index in [9.17, 15) is 4.79 Å². The quantitative estimate of drug-likeness (QED) is 0.741. The van der Waals surface area contributed by atoms with Gasteiger partial charge in [-0.25, -0.2) is 15.0 Å². The lowest BCUT2D eigenvalue weighted by Crippen LogP contribution is -2.40. The molecule has 0 fully saturated rings. The van der Waals surface area contributed by atoms with E-state index in [1.165, 1.54) is 19.5 Å². The molecule has 0 radical (unpaired) electrons. The number of aromatic amines is 1. The number of hydrogen-bond acceptors (Lipinski definition) is 5. The number of hydrazine groups is 1. The summed E-state index contributed by atoms with van der Waals surface area (Å²) in [5, 5.41) is 5.19. The van der Waals surface area contributed by atoms with Crippen LogP contribution in [0, 0.1) is 0 Å². The van der Waals surface area contributed by atoms with Crippen LogP contribution in [0.1, 0.15) is 16.3 Å². The molecule has 1 aromatic carbocycles. The van der Waals surface area contributed by atoms with E-state index >= 15 is 0 Å². The highest BCUT2D eigenvalue weighted by atomic mass is 35.5. The molecular weight excluding hydrogens is 365 g/mol. The van der Waals surface area contributed by atoms with E-state index in [-0.39, 0.29) is 11.7 Å². The number of benzene rings is 1. The van der Waals surface area contributed by atoms with Gasteiger partial charge in [-0.3, -0.25) is 9.80 Å². The van der Waals surface area contributed by atoms with Crippen molar-refractivity contribution < 1.29 is 9.53 Å². The van der Waals surface area contributed by atoms with Crippen LogP contribution >= 0.6 is 23.2 Å². The number of anilines is 1. The van der Waals surface area contributed by atoms with E-state index < -0.39 is 0 Å². The van der Waals surface area contributed by atoms with Crippen LogP contribution in [0.3, 0.4) is 0 Å². The van der Waals surface area contributed by atoms with Crippen molar-refractivity contribution in [3.8, 4) is 5.75 Å². The number of halogens is 2. The summed E-state index contributed by atoms with van der Waals surface area (Å²) in [5.74, 6) is 0.292. The second-order valence-corrected chi connectivity index (χ2v) is 6.35. The molecule has 0 atom stereocenters. The van der Waals surface area contributed by atoms with Crippen LogP contribution in [-0.4, -0.2) is 40.0 Å². The lowest BCUT2D eigenvalue weighted by molar-refractivity contribution is 0.0737. The van der Waals surface area contributed by atoms with Crippen LogP contribution in [0.15, 0.2) is 24.5 Å². The minimum Gasteiger partial charge on any atom is -0.494 e. The van der Waals surface area contributed by atoms with Gasteiger partial charge in [0, 0.05) is 12.4 Å². The van der Waals surface area contributed by atoms with Gasteiger partial charge in [0.15, 0.2) is 5.75 Å². The van der Waals surface area contributed by atoms with Crippen molar-refractivity contribution in [2.75, 3.05) is 19.2 Å². The summed E-state index contributed by atoms with van der Waals surface area (Å²) < 4.78 is 5.01. The molecule has 0 saturated carbocycles. The highest BCUT2D eigenvalue weighted by Crippen LogP contribution is 2.41. The summed E-state index contributed by atoms with van der Waals surface area (Å²) in [7, 11) is 3.33. The fourth-order valence-electron chi connectivity index (χ4n) is 2.96. The Morgan fingerprint density at radius 3 is 2.68 bits per heavy atom. The summed E-state index contributed by atoms with van der Waals surface area (Å²) in [6.07, 6.45) is 2.93. The van der Waals surface area contributed by atoms with Crippen molar-refractivity contribution in [3.63, 3.8) is 0 Å². The summed E-state index contributed by atoms with van der Waals surface area (Å²) in [5.41, 5.74) is 2.53. The highest BCUT2D eigenvalue weighted by Gasteiger charge is 2.34. The van der Waals surface area contributed by atoms with E-state index in [0.29, 0.717) is 22.3 Å². The molecule has 3 aromatic rings. The number of H-pyrrole nitrogens is 1. The normalized spacial score (nSPS) is 13.4. The number of carbonyl (C=O) groups is 1. The van der Waals surface area contributed by atoms with E-state index in [2.05, 4.69) is 15.0 Å². The molecule has 128 valence electrons. The van der Waals surface area contributed by atoms with Gasteiger partial charge < -0.3 is 9.72 Å². The van der Waals surface area contributed by atoms with Gasteiger partial charge in [0.05, 0.1) is 53.0 Å². The monoisotopic (exact) mass is 377 g/mol. The maximum atomic E-state index is 12.7. The van der Waals surface area contributed by atoms with Crippen LogP contribution in [-0.2, 0) is 6.54 Å². The van der Waals surface area contributed by atoms with Crippen LogP contribution in [0.4, 0.5) is 5.69 Å². The van der Waals surface area contributed by atoms with Gasteiger partial charge in [-0.15, -0.1) is 0 Å². The second kappa shape index (κ2) is 5.79. The second-order valence-electron chi connectivity index (χ2n) is 5.57.